The first-order chi connectivity index (χ1) is 14.8. The molecule has 0 aliphatic heterocycles. The second-order valence-electron chi connectivity index (χ2n) is 7.50. The molecule has 1 aliphatic rings. The Labute approximate surface area is 175 Å². The summed E-state index contributed by atoms with van der Waals surface area (Å²) in [5.74, 6) is 2.17. The van der Waals surface area contributed by atoms with Crippen molar-refractivity contribution in [1.82, 2.24) is 19.7 Å². The summed E-state index contributed by atoms with van der Waals surface area (Å²) >= 11 is 0. The quantitative estimate of drug-likeness (QED) is 0.478. The van der Waals surface area contributed by atoms with Crippen molar-refractivity contribution in [2.24, 2.45) is 0 Å². The van der Waals surface area contributed by atoms with Crippen molar-refractivity contribution in [3.05, 3.63) is 60.8 Å². The molecule has 0 saturated heterocycles. The highest BCUT2D eigenvalue weighted by atomic mass is 16.5. The lowest BCUT2D eigenvalue weighted by Crippen LogP contribution is -2.17. The van der Waals surface area contributed by atoms with E-state index in [1.54, 1.807) is 7.11 Å². The molecular formula is C23H24N6O. The largest absolute Gasteiger partial charge is 0.497 e. The minimum Gasteiger partial charge on any atom is -0.497 e. The fourth-order valence-corrected chi connectivity index (χ4v) is 3.89. The summed E-state index contributed by atoms with van der Waals surface area (Å²) in [6.45, 7) is 0. The van der Waals surface area contributed by atoms with Gasteiger partial charge in [-0.25, -0.2) is 4.68 Å². The van der Waals surface area contributed by atoms with Gasteiger partial charge in [0, 0.05) is 11.7 Å². The smallest absolute Gasteiger partial charge is 0.226 e. The van der Waals surface area contributed by atoms with E-state index in [9.17, 15) is 0 Å². The summed E-state index contributed by atoms with van der Waals surface area (Å²) in [5, 5.41) is 12.4. The van der Waals surface area contributed by atoms with E-state index in [4.69, 9.17) is 14.7 Å². The molecule has 152 valence electrons. The highest BCUT2D eigenvalue weighted by Gasteiger charge is 2.19. The molecule has 30 heavy (non-hydrogen) atoms. The average molecular weight is 400 g/mol. The number of rotatable bonds is 6. The van der Waals surface area contributed by atoms with Crippen LogP contribution in [0, 0.1) is 0 Å². The first-order valence-corrected chi connectivity index (χ1v) is 10.3. The summed E-state index contributed by atoms with van der Waals surface area (Å²) in [7, 11) is 1.66. The van der Waals surface area contributed by atoms with Crippen molar-refractivity contribution in [2.75, 3.05) is 17.7 Å². The van der Waals surface area contributed by atoms with Gasteiger partial charge >= 0.3 is 0 Å². The van der Waals surface area contributed by atoms with Crippen LogP contribution in [0.3, 0.4) is 0 Å². The van der Waals surface area contributed by atoms with Crippen molar-refractivity contribution >= 4 is 28.5 Å². The number of para-hydroxylation sites is 1. The second kappa shape index (κ2) is 8.02. The Morgan fingerprint density at radius 1 is 0.967 bits per heavy atom. The number of ether oxygens (including phenoxy) is 1. The molecule has 2 aromatic heterocycles. The summed E-state index contributed by atoms with van der Waals surface area (Å²) in [4.78, 5) is 9.61. The predicted molar refractivity (Wildman–Crippen MR) is 119 cm³/mol. The molecule has 0 amide bonds. The maximum atomic E-state index is 5.26. The van der Waals surface area contributed by atoms with Crippen LogP contribution in [0.5, 0.6) is 5.75 Å². The summed E-state index contributed by atoms with van der Waals surface area (Å²) < 4.78 is 7.12. The first-order valence-electron chi connectivity index (χ1n) is 10.3. The van der Waals surface area contributed by atoms with E-state index in [0.717, 1.165) is 46.8 Å². The zero-order valence-corrected chi connectivity index (χ0v) is 16.9. The van der Waals surface area contributed by atoms with Crippen LogP contribution in [-0.4, -0.2) is 32.9 Å². The van der Waals surface area contributed by atoms with Gasteiger partial charge in [-0.3, -0.25) is 0 Å². The maximum absolute atomic E-state index is 5.26. The average Bonchev–Trinajstić information content (AvgIpc) is 3.45. The second-order valence-corrected chi connectivity index (χ2v) is 7.50. The lowest BCUT2D eigenvalue weighted by Gasteiger charge is -2.14. The van der Waals surface area contributed by atoms with Gasteiger partial charge in [0.25, 0.3) is 0 Å². The molecule has 0 unspecified atom stereocenters. The monoisotopic (exact) mass is 400 g/mol. The highest BCUT2D eigenvalue weighted by molar-refractivity contribution is 5.90. The molecule has 1 saturated carbocycles. The fourth-order valence-electron chi connectivity index (χ4n) is 3.89. The van der Waals surface area contributed by atoms with Crippen LogP contribution in [0.15, 0.2) is 60.8 Å². The van der Waals surface area contributed by atoms with E-state index in [0.29, 0.717) is 12.0 Å². The molecule has 0 spiro atoms. The number of hydrogen-bond acceptors (Lipinski definition) is 6. The maximum Gasteiger partial charge on any atom is 0.226 e. The topological polar surface area (TPSA) is 76.9 Å². The number of fused-ring (bicyclic) bond motifs is 1. The van der Waals surface area contributed by atoms with Crippen LogP contribution in [0.4, 0.5) is 17.5 Å². The number of nitrogens with one attached hydrogen (secondary N) is 2. The van der Waals surface area contributed by atoms with Gasteiger partial charge in [-0.15, -0.1) is 0 Å². The number of hydrogen-bond donors (Lipinski definition) is 2. The fraction of sp³-hybridized carbons (Fsp3) is 0.261. The number of methoxy groups -OCH3 is 1. The van der Waals surface area contributed by atoms with Crippen LogP contribution >= 0.6 is 0 Å². The normalized spacial score (nSPS) is 14.2. The minimum atomic E-state index is 0.421. The Kier molecular flexibility index (Phi) is 4.93. The standard InChI is InChI=1S/C23H24N6O/c1-30-19-13-11-17(12-14-19)25-21-20-15-24-29(18-9-3-2-4-10-18)22(20)28-23(27-21)26-16-7-5-6-8-16/h2-4,9-16H,5-8H2,1H3,(H2,25,26,27,28). The van der Waals surface area contributed by atoms with E-state index in [-0.39, 0.29) is 0 Å². The molecule has 0 bridgehead atoms. The lowest BCUT2D eigenvalue weighted by molar-refractivity contribution is 0.415. The molecule has 1 aliphatic carbocycles. The van der Waals surface area contributed by atoms with Gasteiger partial charge in [0.05, 0.1) is 24.4 Å². The zero-order chi connectivity index (χ0) is 20.3. The Morgan fingerprint density at radius 3 is 2.47 bits per heavy atom. The van der Waals surface area contributed by atoms with Crippen molar-refractivity contribution < 1.29 is 4.74 Å². The van der Waals surface area contributed by atoms with E-state index in [1.165, 1.54) is 12.8 Å². The number of aromatic nitrogens is 4. The Bertz CT molecular complexity index is 1130. The molecular weight excluding hydrogens is 376 g/mol. The minimum absolute atomic E-state index is 0.421. The molecule has 2 heterocycles. The van der Waals surface area contributed by atoms with Crippen LogP contribution in [0.25, 0.3) is 16.7 Å². The van der Waals surface area contributed by atoms with Gasteiger partial charge in [0.15, 0.2) is 5.65 Å². The van der Waals surface area contributed by atoms with Gasteiger partial charge in [-0.05, 0) is 49.2 Å². The first kappa shape index (κ1) is 18.4. The van der Waals surface area contributed by atoms with Crippen LogP contribution < -0.4 is 15.4 Å². The van der Waals surface area contributed by atoms with Crippen LogP contribution in [-0.2, 0) is 0 Å². The third-order valence-corrected chi connectivity index (χ3v) is 5.47. The predicted octanol–water partition coefficient (Wildman–Crippen LogP) is 4.92. The van der Waals surface area contributed by atoms with E-state index in [1.807, 2.05) is 65.5 Å². The van der Waals surface area contributed by atoms with Crippen molar-refractivity contribution in [3.8, 4) is 11.4 Å². The summed E-state index contributed by atoms with van der Waals surface area (Å²) in [5.41, 5.74) is 2.66. The van der Waals surface area contributed by atoms with E-state index < -0.39 is 0 Å². The Balaban J connectivity index is 1.57. The Morgan fingerprint density at radius 2 is 1.73 bits per heavy atom. The van der Waals surface area contributed by atoms with E-state index >= 15 is 0 Å². The molecule has 2 aromatic carbocycles. The lowest BCUT2D eigenvalue weighted by atomic mass is 10.2. The molecule has 7 nitrogen and oxygen atoms in total. The summed E-state index contributed by atoms with van der Waals surface area (Å²) in [6.07, 6.45) is 6.62. The van der Waals surface area contributed by atoms with Crippen molar-refractivity contribution in [1.29, 1.82) is 0 Å². The number of benzene rings is 2. The van der Waals surface area contributed by atoms with Crippen LogP contribution in [0.1, 0.15) is 25.7 Å². The molecule has 2 N–H and O–H groups in total. The third kappa shape index (κ3) is 3.66. The van der Waals surface area contributed by atoms with E-state index in [2.05, 4.69) is 15.7 Å². The van der Waals surface area contributed by atoms with Gasteiger partial charge < -0.3 is 15.4 Å². The third-order valence-electron chi connectivity index (χ3n) is 5.47. The molecule has 0 radical (unpaired) electrons. The van der Waals surface area contributed by atoms with Gasteiger partial charge in [0.2, 0.25) is 5.95 Å². The molecule has 0 atom stereocenters. The van der Waals surface area contributed by atoms with Crippen molar-refractivity contribution in [2.45, 2.75) is 31.7 Å². The molecule has 7 heteroatoms. The van der Waals surface area contributed by atoms with Gasteiger partial charge in [-0.2, -0.15) is 15.1 Å². The SMILES string of the molecule is COc1ccc(Nc2nc(NC3CCCC3)nc3c2cnn3-c2ccccc2)cc1. The zero-order valence-electron chi connectivity index (χ0n) is 16.9. The molecule has 5 rings (SSSR count). The number of anilines is 3. The molecule has 4 aromatic rings. The van der Waals surface area contributed by atoms with Gasteiger partial charge in [0.1, 0.15) is 11.6 Å². The number of nitrogens with zero attached hydrogens (tertiary/aromatic N) is 4. The Hall–Kier alpha value is -3.61. The highest BCUT2D eigenvalue weighted by Crippen LogP contribution is 2.29. The summed E-state index contributed by atoms with van der Waals surface area (Å²) in [6, 6.07) is 18.2. The van der Waals surface area contributed by atoms with Crippen LogP contribution in [0.2, 0.25) is 0 Å². The van der Waals surface area contributed by atoms with Crippen molar-refractivity contribution in [3.63, 3.8) is 0 Å². The van der Waals surface area contributed by atoms with Gasteiger partial charge in [-0.1, -0.05) is 31.0 Å². The molecule has 1 fully saturated rings.